The molecule has 7 heteroatoms. The second-order valence-corrected chi connectivity index (χ2v) is 5.83. The Hall–Kier alpha value is -2.70. The van der Waals surface area contributed by atoms with Crippen LogP contribution in [0.3, 0.4) is 0 Å². The van der Waals surface area contributed by atoms with Crippen molar-refractivity contribution < 1.29 is 14.7 Å². The summed E-state index contributed by atoms with van der Waals surface area (Å²) in [5, 5.41) is 11.5. The van der Waals surface area contributed by atoms with Crippen molar-refractivity contribution in [2.45, 2.75) is 26.7 Å². The number of aromatic nitrogens is 3. The zero-order valence-corrected chi connectivity index (χ0v) is 12.5. The molecule has 2 aromatic rings. The molecule has 0 unspecified atom stereocenters. The fourth-order valence-corrected chi connectivity index (χ4v) is 2.12. The van der Waals surface area contributed by atoms with Gasteiger partial charge in [0.1, 0.15) is 12.1 Å². The van der Waals surface area contributed by atoms with Gasteiger partial charge in [-0.3, -0.25) is 14.2 Å². The zero-order chi connectivity index (χ0) is 16.2. The average Bonchev–Trinajstić information content (AvgIpc) is 2.90. The highest BCUT2D eigenvalue weighted by Crippen LogP contribution is 2.25. The Morgan fingerprint density at radius 1 is 1.32 bits per heavy atom. The van der Waals surface area contributed by atoms with E-state index in [4.69, 9.17) is 5.11 Å². The molecule has 0 fully saturated rings. The smallest absolute Gasteiger partial charge is 0.303 e. The van der Waals surface area contributed by atoms with Crippen LogP contribution in [0, 0.1) is 5.41 Å². The topological polar surface area (TPSA) is 97.1 Å². The third-order valence-electron chi connectivity index (χ3n) is 3.07. The van der Waals surface area contributed by atoms with Crippen molar-refractivity contribution in [3.05, 3.63) is 37.1 Å². The number of nitrogens with zero attached hydrogens (tertiary/aromatic N) is 3. The van der Waals surface area contributed by atoms with Gasteiger partial charge in [0, 0.05) is 18.8 Å². The summed E-state index contributed by atoms with van der Waals surface area (Å²) in [5.41, 5.74) is -0.0277. The second kappa shape index (κ2) is 6.38. The van der Waals surface area contributed by atoms with Gasteiger partial charge in [-0.05, 0) is 17.5 Å². The molecule has 2 heterocycles. The maximum absolute atomic E-state index is 12.0. The monoisotopic (exact) mass is 302 g/mol. The summed E-state index contributed by atoms with van der Waals surface area (Å²) in [5.74, 6) is -0.450. The number of amides is 1. The third-order valence-corrected chi connectivity index (χ3v) is 3.07. The number of hydrogen-bond donors (Lipinski definition) is 2. The lowest BCUT2D eigenvalue weighted by molar-refractivity contribution is -0.139. The van der Waals surface area contributed by atoms with Crippen LogP contribution in [0.1, 0.15) is 26.7 Å². The lowest BCUT2D eigenvalue weighted by Gasteiger charge is -2.21. The van der Waals surface area contributed by atoms with Crippen LogP contribution in [-0.4, -0.2) is 31.5 Å². The van der Waals surface area contributed by atoms with Gasteiger partial charge in [-0.15, -0.1) is 0 Å². The summed E-state index contributed by atoms with van der Waals surface area (Å²) < 4.78 is 1.75. The highest BCUT2D eigenvalue weighted by Gasteiger charge is 2.25. The van der Waals surface area contributed by atoms with E-state index in [0.29, 0.717) is 11.5 Å². The molecule has 0 aliphatic rings. The summed E-state index contributed by atoms with van der Waals surface area (Å²) in [6.07, 6.45) is 6.68. The summed E-state index contributed by atoms with van der Waals surface area (Å²) in [7, 11) is 0. The first-order valence-corrected chi connectivity index (χ1v) is 6.82. The maximum atomic E-state index is 12.0. The lowest BCUT2D eigenvalue weighted by Crippen LogP contribution is -2.24. The van der Waals surface area contributed by atoms with Crippen LogP contribution in [0.15, 0.2) is 37.1 Å². The highest BCUT2D eigenvalue weighted by atomic mass is 16.4. The standard InChI is InChI=1S/C15H18N4O3/c1-15(2,8-14(21)22)7-13(20)18-11-3-4-12(17-9-11)19-6-5-16-10-19/h3-6,9-10H,7-8H2,1-2H3,(H,18,20)(H,21,22). The van der Waals surface area contributed by atoms with E-state index in [0.717, 1.165) is 0 Å². The van der Waals surface area contributed by atoms with Crippen LogP contribution in [-0.2, 0) is 9.59 Å². The van der Waals surface area contributed by atoms with Gasteiger partial charge in [0.2, 0.25) is 5.91 Å². The molecule has 2 N–H and O–H groups in total. The fourth-order valence-electron chi connectivity index (χ4n) is 2.12. The van der Waals surface area contributed by atoms with Crippen LogP contribution in [0.2, 0.25) is 0 Å². The van der Waals surface area contributed by atoms with Crippen molar-refractivity contribution in [1.82, 2.24) is 14.5 Å². The van der Waals surface area contributed by atoms with Crippen LogP contribution in [0.4, 0.5) is 5.69 Å². The number of nitrogens with one attached hydrogen (secondary N) is 1. The van der Waals surface area contributed by atoms with Gasteiger partial charge < -0.3 is 10.4 Å². The van der Waals surface area contributed by atoms with E-state index in [1.54, 1.807) is 55.5 Å². The van der Waals surface area contributed by atoms with Gasteiger partial charge in [-0.1, -0.05) is 13.8 Å². The molecule has 1 amide bonds. The fraction of sp³-hybridized carbons (Fsp3) is 0.333. The number of carboxylic acids is 1. The van der Waals surface area contributed by atoms with Crippen molar-refractivity contribution in [1.29, 1.82) is 0 Å². The number of pyridine rings is 1. The third kappa shape index (κ3) is 4.41. The van der Waals surface area contributed by atoms with Gasteiger partial charge in [-0.2, -0.15) is 0 Å². The summed E-state index contributed by atoms with van der Waals surface area (Å²) in [4.78, 5) is 30.9. The molecule has 0 saturated carbocycles. The number of carbonyl (C=O) groups is 2. The van der Waals surface area contributed by atoms with Crippen LogP contribution < -0.4 is 5.32 Å². The largest absolute Gasteiger partial charge is 0.481 e. The first-order valence-electron chi connectivity index (χ1n) is 6.82. The number of carboxylic acid groups (broad SMARTS) is 1. The Bertz CT molecular complexity index is 648. The van der Waals surface area contributed by atoms with Gasteiger partial charge in [0.25, 0.3) is 0 Å². The zero-order valence-electron chi connectivity index (χ0n) is 12.5. The minimum atomic E-state index is -0.913. The molecular weight excluding hydrogens is 284 g/mol. The predicted octanol–water partition coefficient (Wildman–Crippen LogP) is 2.10. The van der Waals surface area contributed by atoms with Gasteiger partial charge >= 0.3 is 5.97 Å². The number of carbonyl (C=O) groups excluding carboxylic acids is 1. The van der Waals surface area contributed by atoms with Crippen LogP contribution >= 0.6 is 0 Å². The average molecular weight is 302 g/mol. The summed E-state index contributed by atoms with van der Waals surface area (Å²) >= 11 is 0. The summed E-state index contributed by atoms with van der Waals surface area (Å²) in [6, 6.07) is 3.50. The molecule has 0 bridgehead atoms. The molecule has 0 aromatic carbocycles. The molecule has 0 atom stereocenters. The maximum Gasteiger partial charge on any atom is 0.303 e. The molecule has 2 rings (SSSR count). The van der Waals surface area contributed by atoms with E-state index < -0.39 is 11.4 Å². The van der Waals surface area contributed by atoms with Crippen molar-refractivity contribution in [2.75, 3.05) is 5.32 Å². The molecule has 0 spiro atoms. The van der Waals surface area contributed by atoms with Gasteiger partial charge in [0.15, 0.2) is 0 Å². The van der Waals surface area contributed by atoms with Crippen molar-refractivity contribution >= 4 is 17.6 Å². The van der Waals surface area contributed by atoms with E-state index in [1.807, 2.05) is 0 Å². The molecule has 116 valence electrons. The molecular formula is C15H18N4O3. The second-order valence-electron chi connectivity index (χ2n) is 5.83. The Balaban J connectivity index is 1.96. The number of aliphatic carboxylic acids is 1. The molecule has 2 aromatic heterocycles. The number of hydrogen-bond acceptors (Lipinski definition) is 4. The number of rotatable bonds is 6. The van der Waals surface area contributed by atoms with Gasteiger partial charge in [0.05, 0.1) is 18.3 Å². The SMILES string of the molecule is CC(C)(CC(=O)O)CC(=O)Nc1ccc(-n2ccnc2)nc1. The van der Waals surface area contributed by atoms with Crippen molar-refractivity contribution in [3.63, 3.8) is 0 Å². The normalized spacial score (nSPS) is 11.2. The predicted molar refractivity (Wildman–Crippen MR) is 80.6 cm³/mol. The summed E-state index contributed by atoms with van der Waals surface area (Å²) in [6.45, 7) is 3.50. The lowest BCUT2D eigenvalue weighted by atomic mass is 9.85. The molecule has 0 aliphatic carbocycles. The number of imidazole rings is 1. The molecule has 7 nitrogen and oxygen atoms in total. The van der Waals surface area contributed by atoms with E-state index in [1.165, 1.54) is 0 Å². The minimum Gasteiger partial charge on any atom is -0.481 e. The van der Waals surface area contributed by atoms with Gasteiger partial charge in [-0.25, -0.2) is 9.97 Å². The Kier molecular flexibility index (Phi) is 4.55. The molecule has 0 aliphatic heterocycles. The first-order chi connectivity index (χ1) is 10.4. The minimum absolute atomic E-state index is 0.0573. The molecule has 0 radical (unpaired) electrons. The van der Waals surface area contributed by atoms with Crippen molar-refractivity contribution in [3.8, 4) is 5.82 Å². The van der Waals surface area contributed by atoms with Crippen LogP contribution in [0.25, 0.3) is 5.82 Å². The highest BCUT2D eigenvalue weighted by molar-refractivity contribution is 5.91. The van der Waals surface area contributed by atoms with Crippen molar-refractivity contribution in [2.24, 2.45) is 5.41 Å². The van der Waals surface area contributed by atoms with E-state index >= 15 is 0 Å². The first kappa shape index (κ1) is 15.7. The Labute approximate surface area is 128 Å². The van der Waals surface area contributed by atoms with E-state index in [-0.39, 0.29) is 18.7 Å². The molecule has 0 saturated heterocycles. The Morgan fingerprint density at radius 3 is 2.64 bits per heavy atom. The Morgan fingerprint density at radius 2 is 2.09 bits per heavy atom. The van der Waals surface area contributed by atoms with E-state index in [2.05, 4.69) is 15.3 Å². The van der Waals surface area contributed by atoms with Crippen LogP contribution in [0.5, 0.6) is 0 Å². The quantitative estimate of drug-likeness (QED) is 0.851. The number of anilines is 1. The van der Waals surface area contributed by atoms with E-state index in [9.17, 15) is 9.59 Å². The molecule has 22 heavy (non-hydrogen) atoms.